The smallest absolute Gasteiger partial charge is 0.160 e. The van der Waals surface area contributed by atoms with E-state index in [4.69, 9.17) is 9.97 Å². The van der Waals surface area contributed by atoms with Crippen molar-refractivity contribution in [2.24, 2.45) is 0 Å². The van der Waals surface area contributed by atoms with E-state index in [9.17, 15) is 0 Å². The van der Waals surface area contributed by atoms with E-state index >= 15 is 0 Å². The van der Waals surface area contributed by atoms with Crippen LogP contribution < -0.4 is 0 Å². The van der Waals surface area contributed by atoms with Crippen molar-refractivity contribution < 1.29 is 0 Å². The number of benzene rings is 9. The van der Waals surface area contributed by atoms with Crippen molar-refractivity contribution in [3.05, 3.63) is 194 Å². The zero-order valence-corrected chi connectivity index (χ0v) is 30.3. The molecule has 3 heterocycles. The third-order valence-electron chi connectivity index (χ3n) is 11.5. The van der Waals surface area contributed by atoms with Gasteiger partial charge in [0.25, 0.3) is 0 Å². The summed E-state index contributed by atoms with van der Waals surface area (Å²) in [4.78, 5) is 10.2. The van der Waals surface area contributed by atoms with Gasteiger partial charge in [0.2, 0.25) is 0 Å². The predicted molar refractivity (Wildman–Crippen MR) is 234 cm³/mol. The first-order chi connectivity index (χ1) is 27.8. The van der Waals surface area contributed by atoms with Gasteiger partial charge in [0.15, 0.2) is 5.82 Å². The summed E-state index contributed by atoms with van der Waals surface area (Å²) >= 11 is 0. The summed E-state index contributed by atoms with van der Waals surface area (Å²) < 4.78 is 4.90. The molecule has 0 unspecified atom stereocenters. The van der Waals surface area contributed by atoms with Gasteiger partial charge in [-0.15, -0.1) is 0 Å². The van der Waals surface area contributed by atoms with Gasteiger partial charge in [-0.25, -0.2) is 9.97 Å². The van der Waals surface area contributed by atoms with Crippen LogP contribution in [0.3, 0.4) is 0 Å². The zero-order valence-electron chi connectivity index (χ0n) is 30.3. The molecule has 9 aromatic carbocycles. The maximum atomic E-state index is 5.16. The van der Waals surface area contributed by atoms with Gasteiger partial charge >= 0.3 is 0 Å². The van der Waals surface area contributed by atoms with Crippen LogP contribution in [0.2, 0.25) is 0 Å². The standard InChI is InChI=1S/C52H32N4/c1-2-14-34(15-3-1)51-40-19-8-10-21-43(40)53-52(54-51)35-25-28-38(29-26-35)55-45-23-12-24-46(50(45)42-31-36-16-4-5-17-37(36)32-48(42)55)56-44-22-11-9-20-41(44)49-39-18-7-6-13-33(39)27-30-47(49)56/h1-32H. The SMILES string of the molecule is c1ccc(-c2nc(-c3ccc(-n4c5cc6ccccc6cc5c5c(-n6c7ccccc7c7c8ccccc8ccc76)cccc54)cc3)nc3ccccc23)cc1. The van der Waals surface area contributed by atoms with E-state index in [0.717, 1.165) is 44.6 Å². The Balaban J connectivity index is 1.11. The fourth-order valence-electron chi connectivity index (χ4n) is 8.98. The monoisotopic (exact) mass is 712 g/mol. The molecule has 0 atom stereocenters. The maximum Gasteiger partial charge on any atom is 0.160 e. The molecule has 0 aliphatic rings. The average molecular weight is 713 g/mol. The third-order valence-corrected chi connectivity index (χ3v) is 11.5. The van der Waals surface area contributed by atoms with Crippen molar-refractivity contribution in [2.75, 3.05) is 0 Å². The van der Waals surface area contributed by atoms with Crippen molar-refractivity contribution in [3.8, 4) is 34.0 Å². The number of fused-ring (bicyclic) bond motifs is 10. The lowest BCUT2D eigenvalue weighted by atomic mass is 10.0. The average Bonchev–Trinajstić information content (AvgIpc) is 3.78. The van der Waals surface area contributed by atoms with E-state index in [2.05, 4.69) is 191 Å². The normalized spacial score (nSPS) is 11.9. The van der Waals surface area contributed by atoms with Crippen molar-refractivity contribution >= 4 is 76.1 Å². The van der Waals surface area contributed by atoms with E-state index in [0.29, 0.717) is 5.82 Å². The molecule has 0 amide bonds. The Labute approximate surface area is 322 Å². The van der Waals surface area contributed by atoms with Crippen LogP contribution in [0.4, 0.5) is 0 Å². The molecule has 12 aromatic rings. The zero-order chi connectivity index (χ0) is 36.7. The number of aromatic nitrogens is 4. The summed E-state index contributed by atoms with van der Waals surface area (Å²) in [6, 6.07) is 69.7. The second-order valence-electron chi connectivity index (χ2n) is 14.6. The molecule has 0 bridgehead atoms. The van der Waals surface area contributed by atoms with E-state index in [-0.39, 0.29) is 0 Å². The van der Waals surface area contributed by atoms with Crippen LogP contribution in [0.1, 0.15) is 0 Å². The number of hydrogen-bond acceptors (Lipinski definition) is 2. The minimum absolute atomic E-state index is 0.712. The molecular formula is C52H32N4. The molecule has 56 heavy (non-hydrogen) atoms. The lowest BCUT2D eigenvalue weighted by Crippen LogP contribution is -1.97. The summed E-state index contributed by atoms with van der Waals surface area (Å²) in [7, 11) is 0. The van der Waals surface area contributed by atoms with Gasteiger partial charge < -0.3 is 9.13 Å². The quantitative estimate of drug-likeness (QED) is 0.182. The van der Waals surface area contributed by atoms with Crippen molar-refractivity contribution in [3.63, 3.8) is 0 Å². The van der Waals surface area contributed by atoms with Crippen LogP contribution in [0, 0.1) is 0 Å². The Kier molecular flexibility index (Phi) is 6.60. The minimum atomic E-state index is 0.712. The fourth-order valence-corrected chi connectivity index (χ4v) is 8.98. The lowest BCUT2D eigenvalue weighted by molar-refractivity contribution is 1.17. The molecular weight excluding hydrogens is 681 g/mol. The first kappa shape index (κ1) is 30.9. The summed E-state index contributed by atoms with van der Waals surface area (Å²) in [6.45, 7) is 0. The molecule has 0 saturated heterocycles. The van der Waals surface area contributed by atoms with Gasteiger partial charge in [-0.2, -0.15) is 0 Å². The molecule has 0 radical (unpaired) electrons. The Bertz CT molecular complexity index is 3520. The second kappa shape index (κ2) is 12.0. The summed E-state index contributed by atoms with van der Waals surface area (Å²) in [5.41, 5.74) is 10.9. The number of nitrogens with zero attached hydrogens (tertiary/aromatic N) is 4. The molecule has 0 saturated carbocycles. The van der Waals surface area contributed by atoms with Gasteiger partial charge in [-0.3, -0.25) is 0 Å². The highest BCUT2D eigenvalue weighted by molar-refractivity contribution is 6.23. The van der Waals surface area contributed by atoms with Gasteiger partial charge in [-0.1, -0.05) is 127 Å². The van der Waals surface area contributed by atoms with Gasteiger partial charge in [0.05, 0.1) is 39.0 Å². The van der Waals surface area contributed by atoms with Gasteiger partial charge in [0.1, 0.15) is 0 Å². The summed E-state index contributed by atoms with van der Waals surface area (Å²) in [5, 5.41) is 11.0. The van der Waals surface area contributed by atoms with Gasteiger partial charge in [0, 0.05) is 43.7 Å². The summed E-state index contributed by atoms with van der Waals surface area (Å²) in [6.07, 6.45) is 0. The molecule has 0 fully saturated rings. The lowest BCUT2D eigenvalue weighted by Gasteiger charge is -2.12. The van der Waals surface area contributed by atoms with Crippen LogP contribution in [0.5, 0.6) is 0 Å². The van der Waals surface area contributed by atoms with Crippen molar-refractivity contribution in [1.29, 1.82) is 0 Å². The Morgan fingerprint density at radius 1 is 0.339 bits per heavy atom. The highest BCUT2D eigenvalue weighted by Crippen LogP contribution is 2.43. The van der Waals surface area contributed by atoms with Crippen LogP contribution >= 0.6 is 0 Å². The molecule has 260 valence electrons. The summed E-state index contributed by atoms with van der Waals surface area (Å²) in [5.74, 6) is 0.712. The highest BCUT2D eigenvalue weighted by Gasteiger charge is 2.21. The molecule has 0 N–H and O–H groups in total. The molecule has 3 aromatic heterocycles. The number of hydrogen-bond donors (Lipinski definition) is 0. The molecule has 0 aliphatic heterocycles. The second-order valence-corrected chi connectivity index (χ2v) is 14.6. The number of para-hydroxylation sites is 2. The highest BCUT2D eigenvalue weighted by atomic mass is 15.0. The number of rotatable bonds is 4. The minimum Gasteiger partial charge on any atom is -0.309 e. The van der Waals surface area contributed by atoms with Crippen LogP contribution in [-0.4, -0.2) is 19.1 Å². The topological polar surface area (TPSA) is 35.6 Å². The van der Waals surface area contributed by atoms with Crippen molar-refractivity contribution in [1.82, 2.24) is 19.1 Å². The van der Waals surface area contributed by atoms with Crippen molar-refractivity contribution in [2.45, 2.75) is 0 Å². The molecule has 4 heteroatoms. The maximum absolute atomic E-state index is 5.16. The van der Waals surface area contributed by atoms with E-state index in [1.807, 2.05) is 12.1 Å². The fraction of sp³-hybridized carbons (Fsp3) is 0. The third kappa shape index (κ3) is 4.53. The van der Waals surface area contributed by atoms with Crippen LogP contribution in [0.25, 0.3) is 110 Å². The Hall–Kier alpha value is -7.56. The molecule has 12 rings (SSSR count). The molecule has 4 nitrogen and oxygen atoms in total. The Morgan fingerprint density at radius 3 is 1.84 bits per heavy atom. The van der Waals surface area contributed by atoms with Gasteiger partial charge in [-0.05, 0) is 88.3 Å². The van der Waals surface area contributed by atoms with E-state index in [1.54, 1.807) is 0 Å². The predicted octanol–water partition coefficient (Wildman–Crippen LogP) is 13.5. The molecule has 0 spiro atoms. The molecule has 0 aliphatic carbocycles. The van der Waals surface area contributed by atoms with E-state index in [1.165, 1.54) is 59.6 Å². The van der Waals surface area contributed by atoms with Crippen LogP contribution in [-0.2, 0) is 0 Å². The first-order valence-electron chi connectivity index (χ1n) is 19.1. The Morgan fingerprint density at radius 2 is 1.00 bits per heavy atom. The first-order valence-corrected chi connectivity index (χ1v) is 19.1. The van der Waals surface area contributed by atoms with E-state index < -0.39 is 0 Å². The van der Waals surface area contributed by atoms with Crippen LogP contribution in [0.15, 0.2) is 194 Å². The largest absolute Gasteiger partial charge is 0.309 e.